The van der Waals surface area contributed by atoms with Gasteiger partial charge in [0.05, 0.1) is 0 Å². The van der Waals surface area contributed by atoms with E-state index in [0.717, 1.165) is 19.4 Å². The van der Waals surface area contributed by atoms with Gasteiger partial charge in [-0.3, -0.25) is 9.89 Å². The van der Waals surface area contributed by atoms with E-state index in [0.29, 0.717) is 12.4 Å². The molecule has 1 saturated heterocycles. The van der Waals surface area contributed by atoms with E-state index in [1.165, 1.54) is 6.33 Å². The highest BCUT2D eigenvalue weighted by atomic mass is 16.2. The van der Waals surface area contributed by atoms with Crippen LogP contribution >= 0.6 is 0 Å². The van der Waals surface area contributed by atoms with Gasteiger partial charge in [-0.2, -0.15) is 5.10 Å². The predicted octanol–water partition coefficient (Wildman–Crippen LogP) is -0.632. The van der Waals surface area contributed by atoms with Gasteiger partial charge in [0.2, 0.25) is 5.82 Å². The molecular formula is C8H13N5O. The monoisotopic (exact) mass is 195 g/mol. The maximum Gasteiger partial charge on any atom is 0.291 e. The van der Waals surface area contributed by atoms with Gasteiger partial charge in [-0.15, -0.1) is 0 Å². The molecule has 1 aliphatic rings. The predicted molar refractivity (Wildman–Crippen MR) is 49.5 cm³/mol. The van der Waals surface area contributed by atoms with Crippen LogP contribution in [0.25, 0.3) is 0 Å². The Morgan fingerprint density at radius 3 is 3.29 bits per heavy atom. The molecule has 1 fully saturated rings. The number of aromatic amines is 1. The second-order valence-electron chi connectivity index (χ2n) is 3.36. The standard InChI is InChI=1S/C8H13N5O/c9-4-6-2-1-3-13(6)8(14)7-10-5-11-12-7/h5-6H,1-4,9H2,(H,10,11,12). The zero-order chi connectivity index (χ0) is 9.97. The molecule has 76 valence electrons. The summed E-state index contributed by atoms with van der Waals surface area (Å²) in [6.45, 7) is 1.28. The van der Waals surface area contributed by atoms with E-state index in [4.69, 9.17) is 5.73 Å². The Morgan fingerprint density at radius 1 is 1.79 bits per heavy atom. The van der Waals surface area contributed by atoms with Crippen LogP contribution in [0, 0.1) is 0 Å². The molecular weight excluding hydrogens is 182 g/mol. The van der Waals surface area contributed by atoms with Crippen LogP contribution in [0.5, 0.6) is 0 Å². The number of nitrogens with zero attached hydrogens (tertiary/aromatic N) is 3. The van der Waals surface area contributed by atoms with Crippen molar-refractivity contribution in [2.75, 3.05) is 13.1 Å². The zero-order valence-electron chi connectivity index (χ0n) is 7.81. The highest BCUT2D eigenvalue weighted by Crippen LogP contribution is 2.17. The number of hydrogen-bond donors (Lipinski definition) is 2. The molecule has 0 spiro atoms. The Morgan fingerprint density at radius 2 is 2.64 bits per heavy atom. The summed E-state index contributed by atoms with van der Waals surface area (Å²) >= 11 is 0. The fourth-order valence-corrected chi connectivity index (χ4v) is 1.79. The average Bonchev–Trinajstić information content (AvgIpc) is 2.87. The first-order valence-electron chi connectivity index (χ1n) is 4.69. The number of nitrogens with two attached hydrogens (primary N) is 1. The summed E-state index contributed by atoms with van der Waals surface area (Å²) in [7, 11) is 0. The molecule has 3 N–H and O–H groups in total. The Hall–Kier alpha value is -1.43. The molecule has 0 bridgehead atoms. The smallest absolute Gasteiger partial charge is 0.291 e. The molecule has 1 aliphatic heterocycles. The molecule has 6 nitrogen and oxygen atoms in total. The van der Waals surface area contributed by atoms with Gasteiger partial charge in [0.25, 0.3) is 5.91 Å². The van der Waals surface area contributed by atoms with Crippen molar-refractivity contribution >= 4 is 5.91 Å². The quantitative estimate of drug-likeness (QED) is 0.657. The largest absolute Gasteiger partial charge is 0.332 e. The number of amides is 1. The third kappa shape index (κ3) is 1.48. The molecule has 0 saturated carbocycles. The van der Waals surface area contributed by atoms with Crippen molar-refractivity contribution in [3.63, 3.8) is 0 Å². The summed E-state index contributed by atoms with van der Waals surface area (Å²) in [4.78, 5) is 17.4. The van der Waals surface area contributed by atoms with E-state index < -0.39 is 0 Å². The molecule has 0 aliphatic carbocycles. The number of H-pyrrole nitrogens is 1. The molecule has 14 heavy (non-hydrogen) atoms. The van der Waals surface area contributed by atoms with Crippen LogP contribution in [0.3, 0.4) is 0 Å². The minimum Gasteiger partial charge on any atom is -0.332 e. The van der Waals surface area contributed by atoms with Gasteiger partial charge < -0.3 is 10.6 Å². The number of likely N-dealkylation sites (tertiary alicyclic amines) is 1. The number of aromatic nitrogens is 3. The Labute approximate surface area is 81.5 Å². The first-order valence-corrected chi connectivity index (χ1v) is 4.69. The summed E-state index contributed by atoms with van der Waals surface area (Å²) in [6, 6.07) is 0.160. The van der Waals surface area contributed by atoms with E-state index in [1.54, 1.807) is 4.90 Å². The van der Waals surface area contributed by atoms with E-state index >= 15 is 0 Å². The van der Waals surface area contributed by atoms with Crippen LogP contribution in [0.2, 0.25) is 0 Å². The van der Waals surface area contributed by atoms with Crippen LogP contribution in [-0.4, -0.2) is 45.1 Å². The van der Waals surface area contributed by atoms with E-state index in [9.17, 15) is 4.79 Å². The highest BCUT2D eigenvalue weighted by Gasteiger charge is 2.29. The second-order valence-corrected chi connectivity index (χ2v) is 3.36. The van der Waals surface area contributed by atoms with Gasteiger partial charge in [-0.1, -0.05) is 0 Å². The van der Waals surface area contributed by atoms with Gasteiger partial charge in [-0.05, 0) is 12.8 Å². The molecule has 2 heterocycles. The van der Waals surface area contributed by atoms with Crippen molar-refractivity contribution < 1.29 is 4.79 Å². The number of nitrogens with one attached hydrogen (secondary N) is 1. The van der Waals surface area contributed by atoms with Crippen molar-refractivity contribution in [1.29, 1.82) is 0 Å². The van der Waals surface area contributed by atoms with Crippen LogP contribution < -0.4 is 5.73 Å². The van der Waals surface area contributed by atoms with Gasteiger partial charge in [0.1, 0.15) is 6.33 Å². The lowest BCUT2D eigenvalue weighted by Crippen LogP contribution is -2.40. The third-order valence-electron chi connectivity index (χ3n) is 2.53. The van der Waals surface area contributed by atoms with Crippen LogP contribution in [-0.2, 0) is 0 Å². The molecule has 1 unspecified atom stereocenters. The summed E-state index contributed by atoms with van der Waals surface area (Å²) in [5, 5.41) is 6.22. The van der Waals surface area contributed by atoms with Gasteiger partial charge in [0, 0.05) is 19.1 Å². The molecule has 0 aromatic carbocycles. The van der Waals surface area contributed by atoms with Gasteiger partial charge in [-0.25, -0.2) is 4.98 Å². The average molecular weight is 195 g/mol. The molecule has 1 atom stereocenters. The van der Waals surface area contributed by atoms with Gasteiger partial charge in [0.15, 0.2) is 0 Å². The third-order valence-corrected chi connectivity index (χ3v) is 2.53. The molecule has 6 heteroatoms. The first-order chi connectivity index (χ1) is 6.83. The molecule has 0 radical (unpaired) electrons. The normalized spacial score (nSPS) is 21.5. The summed E-state index contributed by atoms with van der Waals surface area (Å²) in [5.41, 5.74) is 5.58. The molecule has 1 amide bonds. The fourth-order valence-electron chi connectivity index (χ4n) is 1.79. The zero-order valence-corrected chi connectivity index (χ0v) is 7.81. The summed E-state index contributed by atoms with van der Waals surface area (Å²) in [5.74, 6) is 0.195. The van der Waals surface area contributed by atoms with Crippen LogP contribution in [0.15, 0.2) is 6.33 Å². The molecule has 2 rings (SSSR count). The number of rotatable bonds is 2. The van der Waals surface area contributed by atoms with Crippen LogP contribution in [0.1, 0.15) is 23.5 Å². The highest BCUT2D eigenvalue weighted by molar-refractivity contribution is 5.90. The Balaban J connectivity index is 2.11. The van der Waals surface area contributed by atoms with Crippen molar-refractivity contribution in [2.24, 2.45) is 5.73 Å². The Kier molecular flexibility index (Phi) is 2.45. The minimum atomic E-state index is -0.101. The minimum absolute atomic E-state index is 0.101. The lowest BCUT2D eigenvalue weighted by Gasteiger charge is -2.21. The van der Waals surface area contributed by atoms with Crippen molar-refractivity contribution in [2.45, 2.75) is 18.9 Å². The topological polar surface area (TPSA) is 87.9 Å². The Bertz CT molecular complexity index is 310. The first kappa shape index (κ1) is 9.14. The van der Waals surface area contributed by atoms with Crippen LogP contribution in [0.4, 0.5) is 0 Å². The summed E-state index contributed by atoms with van der Waals surface area (Å²) in [6.07, 6.45) is 3.33. The maximum absolute atomic E-state index is 11.8. The number of carbonyl (C=O) groups excluding carboxylic acids is 1. The number of hydrogen-bond acceptors (Lipinski definition) is 4. The van der Waals surface area contributed by atoms with Gasteiger partial charge >= 0.3 is 0 Å². The van der Waals surface area contributed by atoms with Crippen molar-refractivity contribution in [3.8, 4) is 0 Å². The second kappa shape index (κ2) is 3.75. The SMILES string of the molecule is NCC1CCCN1C(=O)c1ncn[nH]1. The fraction of sp³-hybridized carbons (Fsp3) is 0.625. The van der Waals surface area contributed by atoms with E-state index in [1.807, 2.05) is 0 Å². The van der Waals surface area contributed by atoms with Crippen molar-refractivity contribution in [3.05, 3.63) is 12.2 Å². The lowest BCUT2D eigenvalue weighted by molar-refractivity contribution is 0.0729. The summed E-state index contributed by atoms with van der Waals surface area (Å²) < 4.78 is 0. The number of carbonyl (C=O) groups is 1. The van der Waals surface area contributed by atoms with Crippen molar-refractivity contribution in [1.82, 2.24) is 20.1 Å². The molecule has 1 aromatic heterocycles. The van der Waals surface area contributed by atoms with E-state index in [2.05, 4.69) is 15.2 Å². The van der Waals surface area contributed by atoms with E-state index in [-0.39, 0.29) is 11.9 Å². The maximum atomic E-state index is 11.8. The molecule has 1 aromatic rings. The lowest BCUT2D eigenvalue weighted by atomic mass is 10.2.